The molecule has 0 aliphatic carbocycles. The molecule has 1 heterocycles. The van der Waals surface area contributed by atoms with Crippen LogP contribution in [0.15, 0.2) is 24.5 Å². The summed E-state index contributed by atoms with van der Waals surface area (Å²) < 4.78 is 0. The third kappa shape index (κ3) is 5.90. The second kappa shape index (κ2) is 7.65. The number of nitrogens with one attached hydrogen (secondary N) is 2. The van der Waals surface area contributed by atoms with E-state index < -0.39 is 0 Å². The number of unbranched alkanes of at least 4 members (excludes halogenated alkanes) is 1. The summed E-state index contributed by atoms with van der Waals surface area (Å²) in [7, 11) is 0. The number of carbonyl (C=O) groups is 1. The molecule has 0 saturated carbocycles. The van der Waals surface area contributed by atoms with Crippen LogP contribution in [-0.2, 0) is 6.54 Å². The van der Waals surface area contributed by atoms with Gasteiger partial charge in [0.2, 0.25) is 0 Å². The van der Waals surface area contributed by atoms with Gasteiger partial charge in [-0.15, -0.1) is 0 Å². The Morgan fingerprint density at radius 3 is 3.00 bits per heavy atom. The van der Waals surface area contributed by atoms with Gasteiger partial charge in [-0.05, 0) is 25.0 Å². The van der Waals surface area contributed by atoms with E-state index in [-0.39, 0.29) is 12.1 Å². The molecule has 17 heavy (non-hydrogen) atoms. The van der Waals surface area contributed by atoms with Crippen molar-refractivity contribution in [1.29, 1.82) is 0 Å². The lowest BCUT2D eigenvalue weighted by Crippen LogP contribution is -2.40. The van der Waals surface area contributed by atoms with Crippen LogP contribution >= 0.6 is 0 Å². The van der Waals surface area contributed by atoms with Crippen molar-refractivity contribution in [2.75, 3.05) is 0 Å². The van der Waals surface area contributed by atoms with Gasteiger partial charge in [0, 0.05) is 25.0 Å². The van der Waals surface area contributed by atoms with E-state index in [1.54, 1.807) is 12.4 Å². The first kappa shape index (κ1) is 13.5. The maximum Gasteiger partial charge on any atom is 0.315 e. The van der Waals surface area contributed by atoms with Crippen molar-refractivity contribution in [2.45, 2.75) is 45.7 Å². The monoisotopic (exact) mass is 235 g/mol. The lowest BCUT2D eigenvalue weighted by molar-refractivity contribution is 0.236. The van der Waals surface area contributed by atoms with Gasteiger partial charge in [0.05, 0.1) is 0 Å². The Morgan fingerprint density at radius 1 is 1.53 bits per heavy atom. The topological polar surface area (TPSA) is 54.0 Å². The number of hydrogen-bond donors (Lipinski definition) is 2. The predicted molar refractivity (Wildman–Crippen MR) is 68.6 cm³/mol. The second-order valence-corrected chi connectivity index (χ2v) is 4.23. The van der Waals surface area contributed by atoms with Crippen LogP contribution in [0.3, 0.4) is 0 Å². The van der Waals surface area contributed by atoms with Crippen molar-refractivity contribution in [2.24, 2.45) is 0 Å². The molecule has 1 aromatic heterocycles. The number of carbonyl (C=O) groups excluding carboxylic acids is 1. The van der Waals surface area contributed by atoms with Crippen molar-refractivity contribution in [1.82, 2.24) is 15.6 Å². The molecule has 2 amide bonds. The Bertz CT molecular complexity index is 327. The van der Waals surface area contributed by atoms with Gasteiger partial charge in [-0.1, -0.05) is 25.8 Å². The first-order chi connectivity index (χ1) is 8.22. The van der Waals surface area contributed by atoms with Crippen LogP contribution in [0.1, 0.15) is 38.7 Å². The number of urea groups is 1. The summed E-state index contributed by atoms with van der Waals surface area (Å²) >= 11 is 0. The van der Waals surface area contributed by atoms with Gasteiger partial charge in [-0.2, -0.15) is 0 Å². The van der Waals surface area contributed by atoms with Crippen molar-refractivity contribution in [3.8, 4) is 0 Å². The van der Waals surface area contributed by atoms with E-state index in [4.69, 9.17) is 0 Å². The third-order valence-electron chi connectivity index (χ3n) is 2.54. The number of pyridine rings is 1. The van der Waals surface area contributed by atoms with Gasteiger partial charge in [0.1, 0.15) is 0 Å². The average Bonchev–Trinajstić information content (AvgIpc) is 2.35. The molecule has 4 heteroatoms. The van der Waals surface area contributed by atoms with E-state index in [1.165, 1.54) is 0 Å². The fraction of sp³-hybridized carbons (Fsp3) is 0.538. The standard InChI is InChI=1S/C13H21N3O/c1-3-4-6-11(2)16-13(17)15-10-12-7-5-8-14-9-12/h5,7-9,11H,3-4,6,10H2,1-2H3,(H2,15,16,17)/t11-/m0/s1. The fourth-order valence-corrected chi connectivity index (χ4v) is 1.54. The highest BCUT2D eigenvalue weighted by atomic mass is 16.2. The summed E-state index contributed by atoms with van der Waals surface area (Å²) in [4.78, 5) is 15.5. The number of rotatable bonds is 6. The van der Waals surface area contributed by atoms with Gasteiger partial charge >= 0.3 is 6.03 Å². The first-order valence-electron chi connectivity index (χ1n) is 6.15. The van der Waals surface area contributed by atoms with Crippen LogP contribution in [0, 0.1) is 0 Å². The summed E-state index contributed by atoms with van der Waals surface area (Å²) in [5, 5.41) is 5.73. The highest BCUT2D eigenvalue weighted by Crippen LogP contribution is 1.99. The molecule has 0 aliphatic rings. The lowest BCUT2D eigenvalue weighted by Gasteiger charge is -2.14. The number of aromatic nitrogens is 1. The molecule has 0 aromatic carbocycles. The van der Waals surface area contributed by atoms with Crippen LogP contribution in [0.2, 0.25) is 0 Å². The minimum atomic E-state index is -0.113. The van der Waals surface area contributed by atoms with Crippen molar-refractivity contribution in [3.05, 3.63) is 30.1 Å². The van der Waals surface area contributed by atoms with Crippen molar-refractivity contribution in [3.63, 3.8) is 0 Å². The summed E-state index contributed by atoms with van der Waals surface area (Å²) in [5.41, 5.74) is 1.00. The van der Waals surface area contributed by atoms with E-state index in [0.717, 1.165) is 24.8 Å². The average molecular weight is 235 g/mol. The molecule has 0 unspecified atom stereocenters. The minimum absolute atomic E-state index is 0.113. The van der Waals surface area contributed by atoms with E-state index in [1.807, 2.05) is 19.1 Å². The minimum Gasteiger partial charge on any atom is -0.336 e. The zero-order chi connectivity index (χ0) is 12.5. The molecule has 0 aliphatic heterocycles. The molecule has 4 nitrogen and oxygen atoms in total. The van der Waals surface area contributed by atoms with Gasteiger partial charge < -0.3 is 10.6 Å². The maximum absolute atomic E-state index is 11.5. The SMILES string of the molecule is CCCC[C@H](C)NC(=O)NCc1cccnc1. The smallest absolute Gasteiger partial charge is 0.315 e. The number of hydrogen-bond acceptors (Lipinski definition) is 2. The quantitative estimate of drug-likeness (QED) is 0.795. The molecule has 0 saturated heterocycles. The number of amides is 2. The number of nitrogens with zero attached hydrogens (tertiary/aromatic N) is 1. The third-order valence-corrected chi connectivity index (χ3v) is 2.54. The fourth-order valence-electron chi connectivity index (χ4n) is 1.54. The van der Waals surface area contributed by atoms with Gasteiger partial charge in [-0.25, -0.2) is 4.79 Å². The Labute approximate surface area is 103 Å². The second-order valence-electron chi connectivity index (χ2n) is 4.23. The van der Waals surface area contributed by atoms with Crippen molar-refractivity contribution >= 4 is 6.03 Å². The summed E-state index contributed by atoms with van der Waals surface area (Å²) in [5.74, 6) is 0. The predicted octanol–water partition coefficient (Wildman–Crippen LogP) is 2.46. The van der Waals surface area contributed by atoms with Crippen LogP contribution in [-0.4, -0.2) is 17.1 Å². The Kier molecular flexibility index (Phi) is 6.07. The van der Waals surface area contributed by atoms with E-state index in [2.05, 4.69) is 22.5 Å². The molecule has 0 spiro atoms. The first-order valence-corrected chi connectivity index (χ1v) is 6.15. The van der Waals surface area contributed by atoms with Gasteiger partial charge in [-0.3, -0.25) is 4.98 Å². The molecule has 0 radical (unpaired) electrons. The Morgan fingerprint density at radius 2 is 2.35 bits per heavy atom. The van der Waals surface area contributed by atoms with Gasteiger partial charge in [0.25, 0.3) is 0 Å². The zero-order valence-electron chi connectivity index (χ0n) is 10.6. The molecule has 0 bridgehead atoms. The molecule has 94 valence electrons. The Balaban J connectivity index is 2.21. The van der Waals surface area contributed by atoms with E-state index in [9.17, 15) is 4.79 Å². The molecule has 1 aromatic rings. The Hall–Kier alpha value is -1.58. The van der Waals surface area contributed by atoms with Crippen LogP contribution in [0.25, 0.3) is 0 Å². The highest BCUT2D eigenvalue weighted by molar-refractivity contribution is 5.74. The summed E-state index contributed by atoms with van der Waals surface area (Å²) in [6.45, 7) is 4.69. The van der Waals surface area contributed by atoms with E-state index in [0.29, 0.717) is 6.54 Å². The van der Waals surface area contributed by atoms with Crippen LogP contribution in [0.4, 0.5) is 4.79 Å². The lowest BCUT2D eigenvalue weighted by atomic mass is 10.1. The molecule has 2 N–H and O–H groups in total. The summed E-state index contributed by atoms with van der Waals surface area (Å²) in [6.07, 6.45) is 6.79. The zero-order valence-corrected chi connectivity index (χ0v) is 10.6. The molecular weight excluding hydrogens is 214 g/mol. The maximum atomic E-state index is 11.5. The normalized spacial score (nSPS) is 11.9. The van der Waals surface area contributed by atoms with E-state index >= 15 is 0 Å². The highest BCUT2D eigenvalue weighted by Gasteiger charge is 2.05. The molecular formula is C13H21N3O. The largest absolute Gasteiger partial charge is 0.336 e. The van der Waals surface area contributed by atoms with Crippen LogP contribution < -0.4 is 10.6 Å². The van der Waals surface area contributed by atoms with Crippen LogP contribution in [0.5, 0.6) is 0 Å². The van der Waals surface area contributed by atoms with Crippen molar-refractivity contribution < 1.29 is 4.79 Å². The molecule has 0 fully saturated rings. The molecule has 1 rings (SSSR count). The molecule has 1 atom stereocenters. The summed E-state index contributed by atoms with van der Waals surface area (Å²) in [6, 6.07) is 3.91. The van der Waals surface area contributed by atoms with Gasteiger partial charge in [0.15, 0.2) is 0 Å².